The van der Waals surface area contributed by atoms with Crippen LogP contribution in [0, 0.1) is 5.41 Å². The Morgan fingerprint density at radius 3 is 2.49 bits per heavy atom. The predicted molar refractivity (Wildman–Crippen MR) is 134 cm³/mol. The van der Waals surface area contributed by atoms with Crippen LogP contribution in [0.15, 0.2) is 36.0 Å². The minimum Gasteiger partial charge on any atom is -0.442 e. The van der Waals surface area contributed by atoms with E-state index >= 15 is 0 Å². The van der Waals surface area contributed by atoms with E-state index in [0.29, 0.717) is 25.0 Å². The third kappa shape index (κ3) is 9.09. The van der Waals surface area contributed by atoms with Gasteiger partial charge in [0.1, 0.15) is 6.10 Å². The van der Waals surface area contributed by atoms with Gasteiger partial charge in [-0.15, -0.1) is 0 Å². The van der Waals surface area contributed by atoms with Crippen molar-refractivity contribution in [3.63, 3.8) is 0 Å². The summed E-state index contributed by atoms with van der Waals surface area (Å²) in [5.74, 6) is -0.282. The van der Waals surface area contributed by atoms with Crippen molar-refractivity contribution in [3.8, 4) is 0 Å². The number of carbonyl (C=O) groups is 2. The third-order valence-corrected chi connectivity index (χ3v) is 6.55. The molecule has 2 amide bonds. The molecular weight excluding hydrogens is 448 g/mol. The van der Waals surface area contributed by atoms with E-state index in [1.807, 2.05) is 0 Å². The summed E-state index contributed by atoms with van der Waals surface area (Å²) < 4.78 is 23.0. The smallest absolute Gasteiger partial charge is 0.409 e. The van der Waals surface area contributed by atoms with Gasteiger partial charge in [-0.1, -0.05) is 23.8 Å². The van der Waals surface area contributed by atoms with Crippen LogP contribution in [0.3, 0.4) is 0 Å². The van der Waals surface area contributed by atoms with Gasteiger partial charge in [-0.2, -0.15) is 0 Å². The van der Waals surface area contributed by atoms with Crippen molar-refractivity contribution in [3.05, 3.63) is 36.0 Å². The van der Waals surface area contributed by atoms with Crippen LogP contribution in [0.25, 0.3) is 0 Å². The fourth-order valence-electron chi connectivity index (χ4n) is 4.71. The highest BCUT2D eigenvalue weighted by Gasteiger charge is 2.51. The highest BCUT2D eigenvalue weighted by Crippen LogP contribution is 2.58. The molecule has 1 saturated carbocycles. The molecule has 2 heterocycles. The van der Waals surface area contributed by atoms with Crippen molar-refractivity contribution in [2.45, 2.75) is 89.9 Å². The molecule has 2 aliphatic heterocycles. The number of nitrogens with zero attached hydrogens (tertiary/aromatic N) is 1. The molecule has 2 saturated heterocycles. The molecule has 1 unspecified atom stereocenters. The first-order chi connectivity index (χ1) is 16.5. The molecule has 196 valence electrons. The molecule has 3 aliphatic rings. The van der Waals surface area contributed by atoms with Gasteiger partial charge in [0.25, 0.3) is 0 Å². The number of allylic oxidation sites excluding steroid dienone is 2. The van der Waals surface area contributed by atoms with E-state index in [4.69, 9.17) is 18.9 Å². The molecule has 3 rings (SSSR count). The standard InChI is InChI=1S/C27H42N2O6/c1-19(7-10-22-15-27(13-14-27)18-26(3,4)35-22)8-12-24-32-16-21(17-33-24)28-23(30)11-9-20(2)34-25(31)29(5)6/h7-11,20-22,24H,12-18H2,1-6H3,(H,28,30)/b10-7+,11-9-,19-8+/t20-,21?,22?,24?/m0/s1. The zero-order chi connectivity index (χ0) is 25.6. The molecule has 3 fully saturated rings. The highest BCUT2D eigenvalue weighted by molar-refractivity contribution is 5.87. The van der Waals surface area contributed by atoms with Crippen LogP contribution < -0.4 is 5.32 Å². The minimum atomic E-state index is -0.506. The first-order valence-electron chi connectivity index (χ1n) is 12.6. The molecule has 35 heavy (non-hydrogen) atoms. The Bertz CT molecular complexity index is 829. The van der Waals surface area contributed by atoms with E-state index in [0.717, 1.165) is 12.0 Å². The van der Waals surface area contributed by atoms with E-state index < -0.39 is 12.2 Å². The van der Waals surface area contributed by atoms with Crippen LogP contribution in [-0.4, -0.2) is 74.4 Å². The molecule has 8 heteroatoms. The van der Waals surface area contributed by atoms with Gasteiger partial charge in [-0.25, -0.2) is 4.79 Å². The summed E-state index contributed by atoms with van der Waals surface area (Å²) in [6.07, 6.45) is 13.8. The molecule has 0 aromatic heterocycles. The van der Waals surface area contributed by atoms with Crippen LogP contribution in [0.5, 0.6) is 0 Å². The van der Waals surface area contributed by atoms with Crippen LogP contribution >= 0.6 is 0 Å². The van der Waals surface area contributed by atoms with Gasteiger partial charge in [-0.3, -0.25) is 4.79 Å². The number of hydrogen-bond donors (Lipinski definition) is 1. The molecule has 0 aromatic carbocycles. The second kappa shape index (κ2) is 11.7. The Morgan fingerprint density at radius 2 is 1.86 bits per heavy atom. The van der Waals surface area contributed by atoms with E-state index in [1.165, 1.54) is 36.3 Å². The van der Waals surface area contributed by atoms with Crippen LogP contribution in [-0.2, 0) is 23.7 Å². The molecule has 2 atom stereocenters. The second-order valence-electron chi connectivity index (χ2n) is 11.0. The monoisotopic (exact) mass is 490 g/mol. The molecule has 1 spiro atoms. The lowest BCUT2D eigenvalue weighted by Crippen LogP contribution is -2.46. The van der Waals surface area contributed by atoms with Crippen molar-refractivity contribution >= 4 is 12.0 Å². The summed E-state index contributed by atoms with van der Waals surface area (Å²) in [4.78, 5) is 25.0. The summed E-state index contributed by atoms with van der Waals surface area (Å²) in [6, 6.07) is -0.227. The summed E-state index contributed by atoms with van der Waals surface area (Å²) in [5.41, 5.74) is 1.61. The van der Waals surface area contributed by atoms with E-state index in [-0.39, 0.29) is 29.9 Å². The SMILES string of the molecule is CC(/C=C/C1CC2(CC2)CC(C)(C)O1)=C\CC1OCC(NC(=O)/C=C\[C@H](C)OC(=O)N(C)C)CO1. The van der Waals surface area contributed by atoms with Crippen LogP contribution in [0.2, 0.25) is 0 Å². The Hall–Kier alpha value is -2.16. The number of amides is 2. The van der Waals surface area contributed by atoms with Gasteiger partial charge >= 0.3 is 6.09 Å². The quantitative estimate of drug-likeness (QED) is 0.407. The predicted octanol–water partition coefficient (Wildman–Crippen LogP) is 4.12. The summed E-state index contributed by atoms with van der Waals surface area (Å²) in [5, 5.41) is 2.84. The van der Waals surface area contributed by atoms with Gasteiger partial charge in [0, 0.05) is 26.6 Å². The number of carbonyl (C=O) groups excluding carboxylic acids is 2. The Labute approximate surface area is 209 Å². The Morgan fingerprint density at radius 1 is 1.17 bits per heavy atom. The van der Waals surface area contributed by atoms with E-state index in [1.54, 1.807) is 21.0 Å². The van der Waals surface area contributed by atoms with Crippen LogP contribution in [0.1, 0.15) is 59.8 Å². The Balaban J connectivity index is 1.35. The number of nitrogens with one attached hydrogen (secondary N) is 1. The number of ether oxygens (including phenoxy) is 4. The van der Waals surface area contributed by atoms with Crippen molar-refractivity contribution in [1.29, 1.82) is 0 Å². The highest BCUT2D eigenvalue weighted by atomic mass is 16.7. The zero-order valence-electron chi connectivity index (χ0n) is 22.0. The molecule has 1 aliphatic carbocycles. The van der Waals surface area contributed by atoms with Crippen molar-refractivity contribution in [1.82, 2.24) is 10.2 Å². The molecular formula is C27H42N2O6. The molecule has 0 aromatic rings. The lowest BCUT2D eigenvalue weighted by molar-refractivity contribution is -0.187. The van der Waals surface area contributed by atoms with Crippen molar-refractivity contribution in [2.75, 3.05) is 27.3 Å². The fraction of sp³-hybridized carbons (Fsp3) is 0.704. The zero-order valence-corrected chi connectivity index (χ0v) is 22.0. The average Bonchev–Trinajstić information content (AvgIpc) is 3.51. The van der Waals surface area contributed by atoms with Crippen molar-refractivity contribution < 1.29 is 28.5 Å². The second-order valence-corrected chi connectivity index (χ2v) is 11.0. The van der Waals surface area contributed by atoms with E-state index in [9.17, 15) is 9.59 Å². The molecule has 0 radical (unpaired) electrons. The van der Waals surface area contributed by atoms with Crippen LogP contribution in [0.4, 0.5) is 4.79 Å². The maximum absolute atomic E-state index is 12.1. The van der Waals surface area contributed by atoms with Gasteiger partial charge in [0.15, 0.2) is 6.29 Å². The fourth-order valence-corrected chi connectivity index (χ4v) is 4.71. The summed E-state index contributed by atoms with van der Waals surface area (Å²) in [6.45, 7) is 8.93. The van der Waals surface area contributed by atoms with Gasteiger partial charge < -0.3 is 29.2 Å². The molecule has 1 N–H and O–H groups in total. The topological polar surface area (TPSA) is 86.3 Å². The third-order valence-electron chi connectivity index (χ3n) is 6.55. The van der Waals surface area contributed by atoms with E-state index in [2.05, 4.69) is 44.3 Å². The largest absolute Gasteiger partial charge is 0.442 e. The first kappa shape index (κ1) is 27.4. The lowest BCUT2D eigenvalue weighted by Gasteiger charge is -2.40. The molecule has 8 nitrogen and oxygen atoms in total. The van der Waals surface area contributed by atoms with Gasteiger partial charge in [0.2, 0.25) is 5.91 Å². The van der Waals surface area contributed by atoms with Crippen molar-refractivity contribution in [2.24, 2.45) is 5.41 Å². The Kier molecular flexibility index (Phi) is 9.18. The summed E-state index contributed by atoms with van der Waals surface area (Å²) in [7, 11) is 3.21. The number of hydrogen-bond acceptors (Lipinski definition) is 6. The first-order valence-corrected chi connectivity index (χ1v) is 12.6. The lowest BCUT2D eigenvalue weighted by atomic mass is 9.82. The maximum Gasteiger partial charge on any atom is 0.409 e. The minimum absolute atomic E-state index is 0.0515. The maximum atomic E-state index is 12.1. The number of rotatable bonds is 8. The normalized spacial score (nSPS) is 28.7. The summed E-state index contributed by atoms with van der Waals surface area (Å²) >= 11 is 0. The van der Waals surface area contributed by atoms with Gasteiger partial charge in [-0.05, 0) is 64.9 Å². The average molecular weight is 491 g/mol. The van der Waals surface area contributed by atoms with Gasteiger partial charge in [0.05, 0.1) is 31.0 Å². The molecule has 0 bridgehead atoms.